The standard InChI is InChI=1S/C12H15N5O/c1-12(2,9-6-4-3-5-7-9)8-13-11(18)10-14-16-17-15-10/h3-7H,8H2,1-2H3,(H,13,18)(H,14,15,16,17). The smallest absolute Gasteiger partial charge is 0.292 e. The Morgan fingerprint density at radius 1 is 1.33 bits per heavy atom. The fourth-order valence-electron chi connectivity index (χ4n) is 1.63. The average molecular weight is 245 g/mol. The molecular weight excluding hydrogens is 230 g/mol. The summed E-state index contributed by atoms with van der Waals surface area (Å²) in [5.74, 6) is -0.272. The molecule has 1 aromatic heterocycles. The molecule has 0 aliphatic carbocycles. The van der Waals surface area contributed by atoms with E-state index in [2.05, 4.69) is 39.8 Å². The monoisotopic (exact) mass is 245 g/mol. The zero-order chi connectivity index (χ0) is 13.0. The summed E-state index contributed by atoms with van der Waals surface area (Å²) in [5.41, 5.74) is 1.01. The number of hydrogen-bond acceptors (Lipinski definition) is 4. The van der Waals surface area contributed by atoms with E-state index in [1.165, 1.54) is 5.56 Å². The van der Waals surface area contributed by atoms with Crippen LogP contribution in [0.5, 0.6) is 0 Å². The van der Waals surface area contributed by atoms with Gasteiger partial charge in [-0.25, -0.2) is 0 Å². The summed E-state index contributed by atoms with van der Waals surface area (Å²) in [6.07, 6.45) is 0. The van der Waals surface area contributed by atoms with Crippen LogP contribution in [0.15, 0.2) is 30.3 Å². The molecule has 18 heavy (non-hydrogen) atoms. The zero-order valence-corrected chi connectivity index (χ0v) is 10.3. The van der Waals surface area contributed by atoms with Gasteiger partial charge in [0.15, 0.2) is 0 Å². The minimum absolute atomic E-state index is 0.0545. The third-order valence-corrected chi connectivity index (χ3v) is 2.79. The molecule has 0 fully saturated rings. The summed E-state index contributed by atoms with van der Waals surface area (Å²) >= 11 is 0. The highest BCUT2D eigenvalue weighted by molar-refractivity contribution is 5.90. The van der Waals surface area contributed by atoms with Gasteiger partial charge >= 0.3 is 0 Å². The van der Waals surface area contributed by atoms with Gasteiger partial charge in [0.1, 0.15) is 0 Å². The van der Waals surface area contributed by atoms with Crippen LogP contribution in [0.25, 0.3) is 0 Å². The molecule has 2 rings (SSSR count). The van der Waals surface area contributed by atoms with Gasteiger partial charge in [-0.05, 0) is 10.8 Å². The molecule has 1 amide bonds. The molecule has 0 aliphatic rings. The van der Waals surface area contributed by atoms with Gasteiger partial charge in [-0.2, -0.15) is 5.21 Å². The predicted molar refractivity (Wildman–Crippen MR) is 66.0 cm³/mol. The Morgan fingerprint density at radius 2 is 2.06 bits per heavy atom. The lowest BCUT2D eigenvalue weighted by Gasteiger charge is -2.25. The molecule has 1 aromatic carbocycles. The van der Waals surface area contributed by atoms with Gasteiger partial charge in [0.2, 0.25) is 0 Å². The van der Waals surface area contributed by atoms with Crippen molar-refractivity contribution in [3.05, 3.63) is 41.7 Å². The minimum atomic E-state index is -0.326. The summed E-state index contributed by atoms with van der Waals surface area (Å²) in [4.78, 5) is 11.7. The molecule has 0 unspecified atom stereocenters. The molecule has 94 valence electrons. The van der Waals surface area contributed by atoms with Crippen molar-refractivity contribution in [3.8, 4) is 0 Å². The highest BCUT2D eigenvalue weighted by Crippen LogP contribution is 2.21. The van der Waals surface area contributed by atoms with Crippen molar-refractivity contribution in [3.63, 3.8) is 0 Å². The number of carbonyl (C=O) groups is 1. The zero-order valence-electron chi connectivity index (χ0n) is 10.3. The van der Waals surface area contributed by atoms with Crippen LogP contribution < -0.4 is 5.32 Å². The van der Waals surface area contributed by atoms with Crippen molar-refractivity contribution in [2.24, 2.45) is 0 Å². The highest BCUT2D eigenvalue weighted by Gasteiger charge is 2.22. The van der Waals surface area contributed by atoms with Crippen LogP contribution in [0, 0.1) is 0 Å². The second-order valence-electron chi connectivity index (χ2n) is 4.67. The number of tetrazole rings is 1. The fourth-order valence-corrected chi connectivity index (χ4v) is 1.63. The number of aromatic nitrogens is 4. The first kappa shape index (κ1) is 12.2. The second kappa shape index (κ2) is 4.95. The van der Waals surface area contributed by atoms with Gasteiger partial charge in [0.25, 0.3) is 11.7 Å². The first-order valence-electron chi connectivity index (χ1n) is 5.67. The number of aromatic amines is 1. The Labute approximate surface area is 105 Å². The van der Waals surface area contributed by atoms with E-state index in [0.717, 1.165) is 0 Å². The Morgan fingerprint density at radius 3 is 2.67 bits per heavy atom. The molecule has 0 spiro atoms. The van der Waals surface area contributed by atoms with Crippen molar-refractivity contribution in [1.82, 2.24) is 25.9 Å². The van der Waals surface area contributed by atoms with E-state index in [1.807, 2.05) is 30.3 Å². The maximum atomic E-state index is 11.7. The Balaban J connectivity index is 1.99. The molecule has 0 bridgehead atoms. The van der Waals surface area contributed by atoms with Crippen LogP contribution in [0.2, 0.25) is 0 Å². The minimum Gasteiger partial charge on any atom is -0.348 e. The van der Waals surface area contributed by atoms with Crippen molar-refractivity contribution < 1.29 is 4.79 Å². The Hall–Kier alpha value is -2.24. The number of benzene rings is 1. The molecule has 6 heteroatoms. The number of nitrogens with one attached hydrogen (secondary N) is 2. The maximum absolute atomic E-state index is 11.7. The number of rotatable bonds is 4. The topological polar surface area (TPSA) is 83.6 Å². The molecule has 0 saturated carbocycles. The van der Waals surface area contributed by atoms with Crippen molar-refractivity contribution in [2.75, 3.05) is 6.54 Å². The fraction of sp³-hybridized carbons (Fsp3) is 0.333. The largest absolute Gasteiger partial charge is 0.348 e. The van der Waals surface area contributed by atoms with Crippen molar-refractivity contribution in [2.45, 2.75) is 19.3 Å². The van der Waals surface area contributed by atoms with Crippen LogP contribution in [-0.2, 0) is 5.41 Å². The number of nitrogens with zero attached hydrogens (tertiary/aromatic N) is 3. The molecular formula is C12H15N5O. The van der Waals surface area contributed by atoms with Crippen LogP contribution in [0.1, 0.15) is 30.0 Å². The summed E-state index contributed by atoms with van der Waals surface area (Å²) in [5, 5.41) is 15.7. The van der Waals surface area contributed by atoms with Crippen LogP contribution in [-0.4, -0.2) is 33.1 Å². The quantitative estimate of drug-likeness (QED) is 0.838. The third kappa shape index (κ3) is 2.71. The van der Waals surface area contributed by atoms with Gasteiger partial charge in [0.05, 0.1) is 0 Å². The molecule has 0 atom stereocenters. The molecule has 0 radical (unpaired) electrons. The Bertz CT molecular complexity index is 507. The van der Waals surface area contributed by atoms with E-state index in [9.17, 15) is 4.79 Å². The molecule has 0 aliphatic heterocycles. The van der Waals surface area contributed by atoms with Gasteiger partial charge in [-0.15, -0.1) is 10.2 Å². The lowest BCUT2D eigenvalue weighted by Crippen LogP contribution is -2.37. The van der Waals surface area contributed by atoms with E-state index in [0.29, 0.717) is 6.54 Å². The van der Waals surface area contributed by atoms with Gasteiger partial charge in [-0.1, -0.05) is 44.2 Å². The van der Waals surface area contributed by atoms with E-state index in [1.54, 1.807) is 0 Å². The number of hydrogen-bond donors (Lipinski definition) is 2. The van der Waals surface area contributed by atoms with E-state index in [4.69, 9.17) is 0 Å². The maximum Gasteiger partial charge on any atom is 0.292 e. The van der Waals surface area contributed by atoms with E-state index >= 15 is 0 Å². The normalized spacial score (nSPS) is 11.2. The van der Waals surface area contributed by atoms with Crippen molar-refractivity contribution >= 4 is 5.91 Å². The lowest BCUT2D eigenvalue weighted by molar-refractivity contribution is 0.0935. The summed E-state index contributed by atoms with van der Waals surface area (Å²) in [6.45, 7) is 4.64. The number of H-pyrrole nitrogens is 1. The predicted octanol–water partition coefficient (Wildman–Crippen LogP) is 0.907. The van der Waals surface area contributed by atoms with Crippen molar-refractivity contribution in [1.29, 1.82) is 0 Å². The van der Waals surface area contributed by atoms with Crippen LogP contribution in [0.4, 0.5) is 0 Å². The Kier molecular flexibility index (Phi) is 3.36. The molecule has 0 saturated heterocycles. The SMILES string of the molecule is CC(C)(CNC(=O)c1nn[nH]n1)c1ccccc1. The highest BCUT2D eigenvalue weighted by atomic mass is 16.2. The number of amides is 1. The molecule has 6 nitrogen and oxygen atoms in total. The average Bonchev–Trinajstić information content (AvgIpc) is 2.91. The van der Waals surface area contributed by atoms with Crippen LogP contribution in [0.3, 0.4) is 0 Å². The molecule has 1 heterocycles. The summed E-state index contributed by atoms with van der Waals surface area (Å²) in [7, 11) is 0. The van der Waals surface area contributed by atoms with Crippen LogP contribution >= 0.6 is 0 Å². The van der Waals surface area contributed by atoms with E-state index < -0.39 is 0 Å². The first-order valence-corrected chi connectivity index (χ1v) is 5.67. The lowest BCUT2D eigenvalue weighted by atomic mass is 9.84. The number of carbonyl (C=O) groups excluding carboxylic acids is 1. The summed E-state index contributed by atoms with van der Waals surface area (Å²) < 4.78 is 0. The van der Waals surface area contributed by atoms with E-state index in [-0.39, 0.29) is 17.1 Å². The van der Waals surface area contributed by atoms with Gasteiger partial charge in [0, 0.05) is 12.0 Å². The summed E-state index contributed by atoms with van der Waals surface area (Å²) in [6, 6.07) is 10.0. The van der Waals surface area contributed by atoms with Gasteiger partial charge < -0.3 is 5.32 Å². The van der Waals surface area contributed by atoms with Gasteiger partial charge in [-0.3, -0.25) is 4.79 Å². The first-order chi connectivity index (χ1) is 8.59. The second-order valence-corrected chi connectivity index (χ2v) is 4.67. The molecule has 2 N–H and O–H groups in total. The molecule has 2 aromatic rings. The third-order valence-electron chi connectivity index (χ3n) is 2.79.